The number of likely N-dealkylation sites (tertiary alicyclic amines) is 1. The van der Waals surface area contributed by atoms with E-state index in [1.54, 1.807) is 0 Å². The molecule has 2 aliphatic heterocycles. The van der Waals surface area contributed by atoms with Gasteiger partial charge in [0.2, 0.25) is 0 Å². The summed E-state index contributed by atoms with van der Waals surface area (Å²) < 4.78 is 7.95. The monoisotopic (exact) mass is 318 g/mol. The summed E-state index contributed by atoms with van der Waals surface area (Å²) in [4.78, 5) is 16.8. The van der Waals surface area contributed by atoms with E-state index < -0.39 is 0 Å². The standard InChI is InChI=1S/C17H26N4O2/c22-17(19-7-1-2-8-19)20-9-15(13-23-12-14-3-4-14)10-21-16(11-20)5-6-18-21/h5-6,14-15H,1-4,7-13H2. The van der Waals surface area contributed by atoms with E-state index in [9.17, 15) is 4.79 Å². The summed E-state index contributed by atoms with van der Waals surface area (Å²) in [7, 11) is 0. The Kier molecular flexibility index (Phi) is 4.25. The van der Waals surface area contributed by atoms with Crippen LogP contribution in [0.5, 0.6) is 0 Å². The van der Waals surface area contributed by atoms with Crippen LogP contribution in [0.25, 0.3) is 0 Å². The number of rotatable bonds is 4. The first kappa shape index (κ1) is 15.0. The average molecular weight is 318 g/mol. The number of hydrogen-bond acceptors (Lipinski definition) is 3. The predicted molar refractivity (Wildman–Crippen MR) is 85.9 cm³/mol. The van der Waals surface area contributed by atoms with Crippen molar-refractivity contribution in [2.24, 2.45) is 11.8 Å². The molecule has 1 unspecified atom stereocenters. The van der Waals surface area contributed by atoms with E-state index in [2.05, 4.69) is 5.10 Å². The molecule has 2 amide bonds. The Morgan fingerprint density at radius 2 is 1.91 bits per heavy atom. The van der Waals surface area contributed by atoms with Crippen LogP contribution in [0.15, 0.2) is 12.3 Å². The lowest BCUT2D eigenvalue weighted by molar-refractivity contribution is 0.0720. The van der Waals surface area contributed by atoms with Gasteiger partial charge in [-0.25, -0.2) is 4.79 Å². The number of nitrogens with zero attached hydrogens (tertiary/aromatic N) is 4. The Labute approximate surface area is 137 Å². The highest BCUT2D eigenvalue weighted by Gasteiger charge is 2.30. The van der Waals surface area contributed by atoms with E-state index in [1.165, 1.54) is 12.8 Å². The van der Waals surface area contributed by atoms with Crippen LogP contribution >= 0.6 is 0 Å². The highest BCUT2D eigenvalue weighted by atomic mass is 16.5. The van der Waals surface area contributed by atoms with Crippen molar-refractivity contribution in [3.8, 4) is 0 Å². The van der Waals surface area contributed by atoms with Crippen molar-refractivity contribution in [1.82, 2.24) is 19.6 Å². The Morgan fingerprint density at radius 3 is 2.70 bits per heavy atom. The van der Waals surface area contributed by atoms with Gasteiger partial charge >= 0.3 is 6.03 Å². The molecule has 3 aliphatic rings. The lowest BCUT2D eigenvalue weighted by Crippen LogP contribution is -2.43. The van der Waals surface area contributed by atoms with Gasteiger partial charge < -0.3 is 14.5 Å². The molecule has 23 heavy (non-hydrogen) atoms. The average Bonchev–Trinajstić information content (AvgIpc) is 3.07. The Morgan fingerprint density at radius 1 is 1.13 bits per heavy atom. The summed E-state index contributed by atoms with van der Waals surface area (Å²) in [5, 5.41) is 4.42. The SMILES string of the molecule is O=C(N1CCCC1)N1Cc2ccnn2CC(COCC2CC2)C1. The van der Waals surface area contributed by atoms with Gasteiger partial charge in [-0.3, -0.25) is 4.68 Å². The van der Waals surface area contributed by atoms with Gasteiger partial charge in [-0.2, -0.15) is 5.10 Å². The van der Waals surface area contributed by atoms with Gasteiger partial charge in [0.15, 0.2) is 0 Å². The van der Waals surface area contributed by atoms with Crippen molar-refractivity contribution >= 4 is 6.03 Å². The van der Waals surface area contributed by atoms with Crippen LogP contribution in [0.4, 0.5) is 4.79 Å². The second-order valence-corrected chi connectivity index (χ2v) is 7.21. The van der Waals surface area contributed by atoms with Gasteiger partial charge in [0, 0.05) is 44.9 Å². The zero-order chi connectivity index (χ0) is 15.6. The van der Waals surface area contributed by atoms with Gasteiger partial charge in [-0.05, 0) is 37.7 Å². The first-order valence-electron chi connectivity index (χ1n) is 8.92. The largest absolute Gasteiger partial charge is 0.381 e. The smallest absolute Gasteiger partial charge is 0.320 e. The van der Waals surface area contributed by atoms with Crippen molar-refractivity contribution in [1.29, 1.82) is 0 Å². The molecular weight excluding hydrogens is 292 g/mol. The number of aromatic nitrogens is 2. The third-order valence-electron chi connectivity index (χ3n) is 5.12. The molecule has 126 valence electrons. The van der Waals surface area contributed by atoms with E-state index in [0.29, 0.717) is 12.5 Å². The number of hydrogen-bond donors (Lipinski definition) is 0. The van der Waals surface area contributed by atoms with Crippen LogP contribution in [0, 0.1) is 11.8 Å². The molecule has 0 N–H and O–H groups in total. The molecule has 6 heteroatoms. The number of ether oxygens (including phenoxy) is 1. The first-order chi connectivity index (χ1) is 11.3. The van der Waals surface area contributed by atoms with Gasteiger partial charge in [0.25, 0.3) is 0 Å². The van der Waals surface area contributed by atoms with Gasteiger partial charge in [0.05, 0.1) is 18.8 Å². The number of fused-ring (bicyclic) bond motifs is 1. The van der Waals surface area contributed by atoms with E-state index >= 15 is 0 Å². The van der Waals surface area contributed by atoms with Crippen molar-refractivity contribution in [2.75, 3.05) is 32.8 Å². The zero-order valence-corrected chi connectivity index (χ0v) is 13.7. The molecule has 0 spiro atoms. The number of amides is 2. The third-order valence-corrected chi connectivity index (χ3v) is 5.12. The zero-order valence-electron chi connectivity index (χ0n) is 13.7. The first-order valence-corrected chi connectivity index (χ1v) is 8.92. The maximum Gasteiger partial charge on any atom is 0.320 e. The van der Waals surface area contributed by atoms with Crippen LogP contribution in [0.2, 0.25) is 0 Å². The molecule has 4 rings (SSSR count). The van der Waals surface area contributed by atoms with Crippen LogP contribution in [-0.2, 0) is 17.8 Å². The van der Waals surface area contributed by atoms with Crippen LogP contribution in [0.3, 0.4) is 0 Å². The third kappa shape index (κ3) is 3.52. The molecule has 0 aromatic carbocycles. The normalized spacial score (nSPS) is 24.6. The Balaban J connectivity index is 1.43. The fraction of sp³-hybridized carbons (Fsp3) is 0.765. The minimum absolute atomic E-state index is 0.185. The lowest BCUT2D eigenvalue weighted by atomic mass is 10.1. The Bertz CT molecular complexity index is 549. The molecule has 0 radical (unpaired) electrons. The van der Waals surface area contributed by atoms with E-state index in [1.807, 2.05) is 26.7 Å². The van der Waals surface area contributed by atoms with Crippen molar-refractivity contribution in [2.45, 2.75) is 38.8 Å². The molecule has 1 aliphatic carbocycles. The fourth-order valence-corrected chi connectivity index (χ4v) is 3.58. The van der Waals surface area contributed by atoms with Crippen LogP contribution in [0.1, 0.15) is 31.4 Å². The van der Waals surface area contributed by atoms with Crippen molar-refractivity contribution in [3.63, 3.8) is 0 Å². The Hall–Kier alpha value is -1.56. The molecule has 1 saturated carbocycles. The van der Waals surface area contributed by atoms with Crippen molar-refractivity contribution in [3.05, 3.63) is 18.0 Å². The summed E-state index contributed by atoms with van der Waals surface area (Å²) in [6.45, 7) is 5.67. The van der Waals surface area contributed by atoms with Crippen LogP contribution < -0.4 is 0 Å². The minimum atomic E-state index is 0.185. The number of urea groups is 1. The summed E-state index contributed by atoms with van der Waals surface area (Å²) in [5.41, 5.74) is 1.13. The maximum absolute atomic E-state index is 12.8. The van der Waals surface area contributed by atoms with E-state index in [-0.39, 0.29) is 6.03 Å². The van der Waals surface area contributed by atoms with E-state index in [4.69, 9.17) is 4.74 Å². The fourth-order valence-electron chi connectivity index (χ4n) is 3.58. The van der Waals surface area contributed by atoms with Crippen LogP contribution in [-0.4, -0.2) is 58.5 Å². The molecule has 6 nitrogen and oxygen atoms in total. The molecule has 1 saturated heterocycles. The molecule has 1 aromatic heterocycles. The highest BCUT2D eigenvalue weighted by molar-refractivity contribution is 5.74. The molecule has 3 heterocycles. The maximum atomic E-state index is 12.8. The molecule has 2 fully saturated rings. The van der Waals surface area contributed by atoms with Gasteiger partial charge in [-0.1, -0.05) is 0 Å². The molecule has 0 bridgehead atoms. The van der Waals surface area contributed by atoms with E-state index in [0.717, 1.165) is 63.8 Å². The second kappa shape index (κ2) is 6.51. The minimum Gasteiger partial charge on any atom is -0.381 e. The second-order valence-electron chi connectivity index (χ2n) is 7.21. The predicted octanol–water partition coefficient (Wildman–Crippen LogP) is 1.96. The molecule has 1 aromatic rings. The summed E-state index contributed by atoms with van der Waals surface area (Å²) in [5.74, 6) is 1.10. The van der Waals surface area contributed by atoms with Gasteiger partial charge in [0.1, 0.15) is 0 Å². The number of carbonyl (C=O) groups excluding carboxylic acids is 1. The highest BCUT2D eigenvalue weighted by Crippen LogP contribution is 2.29. The number of carbonyl (C=O) groups is 1. The summed E-state index contributed by atoms with van der Waals surface area (Å²) in [6, 6.07) is 2.21. The molecule has 1 atom stereocenters. The van der Waals surface area contributed by atoms with Crippen molar-refractivity contribution < 1.29 is 9.53 Å². The van der Waals surface area contributed by atoms with Gasteiger partial charge in [-0.15, -0.1) is 0 Å². The molecular formula is C17H26N4O2. The topological polar surface area (TPSA) is 50.6 Å². The summed E-state index contributed by atoms with van der Waals surface area (Å²) in [6.07, 6.45) is 6.72. The summed E-state index contributed by atoms with van der Waals surface area (Å²) >= 11 is 0. The lowest BCUT2D eigenvalue weighted by Gasteiger charge is -2.28. The quantitative estimate of drug-likeness (QED) is 0.853.